The fourth-order valence-electron chi connectivity index (χ4n) is 2.75. The maximum absolute atomic E-state index is 12.4. The van der Waals surface area contributed by atoms with Crippen LogP contribution in [0.5, 0.6) is 11.5 Å². The Kier molecular flexibility index (Phi) is 7.15. The molecule has 3 aromatic rings. The van der Waals surface area contributed by atoms with Gasteiger partial charge in [-0.05, 0) is 29.8 Å². The van der Waals surface area contributed by atoms with Crippen molar-refractivity contribution in [3.63, 3.8) is 0 Å². The molecule has 1 aromatic heterocycles. The van der Waals surface area contributed by atoms with Gasteiger partial charge in [0, 0.05) is 12.7 Å². The number of thioether (sulfide) groups is 1. The van der Waals surface area contributed by atoms with Crippen LogP contribution in [0.3, 0.4) is 0 Å². The van der Waals surface area contributed by atoms with E-state index in [2.05, 4.69) is 10.3 Å². The van der Waals surface area contributed by atoms with Crippen LogP contribution in [0.2, 0.25) is 0 Å². The standard InChI is InChI=1S/C21H23N3O4S/c1-27-17-9-7-15(8-10-17)11-24-12-16(13-25)22-21(24)29-14-20(26)23-18-5-3-4-6-19(18)28-2/h3-10,12,25H,11,13-14H2,1-2H3,(H,23,26). The van der Waals surface area contributed by atoms with Gasteiger partial charge in [-0.25, -0.2) is 4.98 Å². The number of aliphatic hydroxyl groups excluding tert-OH is 1. The van der Waals surface area contributed by atoms with Crippen molar-refractivity contribution in [2.24, 2.45) is 0 Å². The lowest BCUT2D eigenvalue weighted by molar-refractivity contribution is -0.113. The zero-order valence-electron chi connectivity index (χ0n) is 16.3. The van der Waals surface area contributed by atoms with E-state index in [9.17, 15) is 9.90 Å². The Bertz CT molecular complexity index is 957. The van der Waals surface area contributed by atoms with Gasteiger partial charge >= 0.3 is 0 Å². The molecule has 0 bridgehead atoms. The molecule has 3 rings (SSSR count). The van der Waals surface area contributed by atoms with Crippen LogP contribution in [0.25, 0.3) is 0 Å². The van der Waals surface area contributed by atoms with Crippen LogP contribution in [-0.2, 0) is 17.9 Å². The summed E-state index contributed by atoms with van der Waals surface area (Å²) in [5.74, 6) is 1.42. The number of ether oxygens (including phenoxy) is 2. The van der Waals surface area contributed by atoms with Gasteiger partial charge < -0.3 is 24.5 Å². The van der Waals surface area contributed by atoms with E-state index in [1.807, 2.05) is 41.0 Å². The molecule has 0 spiro atoms. The van der Waals surface area contributed by atoms with Gasteiger partial charge in [0.05, 0.1) is 38.0 Å². The number of imidazole rings is 1. The minimum Gasteiger partial charge on any atom is -0.497 e. The Morgan fingerprint density at radius 1 is 1.14 bits per heavy atom. The van der Waals surface area contributed by atoms with Crippen LogP contribution in [0.1, 0.15) is 11.3 Å². The third kappa shape index (κ3) is 5.52. The maximum atomic E-state index is 12.4. The van der Waals surface area contributed by atoms with Crippen LogP contribution in [0, 0.1) is 0 Å². The number of carbonyl (C=O) groups excluding carboxylic acids is 1. The number of aliphatic hydroxyl groups is 1. The highest BCUT2D eigenvalue weighted by Crippen LogP contribution is 2.24. The van der Waals surface area contributed by atoms with Gasteiger partial charge in [0.1, 0.15) is 11.5 Å². The fourth-order valence-corrected chi connectivity index (χ4v) is 3.54. The van der Waals surface area contributed by atoms with Crippen molar-refractivity contribution in [2.75, 3.05) is 25.3 Å². The molecule has 2 N–H and O–H groups in total. The maximum Gasteiger partial charge on any atom is 0.234 e. The number of aromatic nitrogens is 2. The molecule has 0 atom stereocenters. The monoisotopic (exact) mass is 413 g/mol. The lowest BCUT2D eigenvalue weighted by Gasteiger charge is -2.10. The minimum atomic E-state index is -0.163. The van der Waals surface area contributed by atoms with Crippen molar-refractivity contribution in [1.29, 1.82) is 0 Å². The van der Waals surface area contributed by atoms with E-state index in [1.54, 1.807) is 32.5 Å². The van der Waals surface area contributed by atoms with Crippen LogP contribution in [0.15, 0.2) is 59.9 Å². The summed E-state index contributed by atoms with van der Waals surface area (Å²) in [5.41, 5.74) is 2.25. The van der Waals surface area contributed by atoms with Gasteiger partial charge in [-0.1, -0.05) is 36.0 Å². The van der Waals surface area contributed by atoms with Crippen LogP contribution >= 0.6 is 11.8 Å². The summed E-state index contributed by atoms with van der Waals surface area (Å²) in [5, 5.41) is 13.0. The highest BCUT2D eigenvalue weighted by molar-refractivity contribution is 7.99. The molecule has 0 aliphatic heterocycles. The Morgan fingerprint density at radius 3 is 2.59 bits per heavy atom. The molecule has 1 amide bonds. The van der Waals surface area contributed by atoms with Crippen LogP contribution in [-0.4, -0.2) is 40.5 Å². The van der Waals surface area contributed by atoms with Crippen molar-refractivity contribution in [2.45, 2.75) is 18.3 Å². The normalized spacial score (nSPS) is 10.6. The molecule has 2 aromatic carbocycles. The third-order valence-electron chi connectivity index (χ3n) is 4.18. The lowest BCUT2D eigenvalue weighted by Crippen LogP contribution is -2.15. The summed E-state index contributed by atoms with van der Waals surface area (Å²) < 4.78 is 12.4. The number of benzene rings is 2. The van der Waals surface area contributed by atoms with E-state index in [0.717, 1.165) is 11.3 Å². The number of rotatable bonds is 9. The van der Waals surface area contributed by atoms with Crippen molar-refractivity contribution < 1.29 is 19.4 Å². The van der Waals surface area contributed by atoms with Crippen molar-refractivity contribution in [3.8, 4) is 11.5 Å². The topological polar surface area (TPSA) is 85.6 Å². The minimum absolute atomic E-state index is 0.156. The molecule has 8 heteroatoms. The molecule has 1 heterocycles. The second kappa shape index (κ2) is 9.99. The van der Waals surface area contributed by atoms with Crippen molar-refractivity contribution >= 4 is 23.4 Å². The number of nitrogens with one attached hydrogen (secondary N) is 1. The largest absolute Gasteiger partial charge is 0.497 e. The second-order valence-corrected chi connectivity index (χ2v) is 7.13. The number of nitrogens with zero attached hydrogens (tertiary/aromatic N) is 2. The number of hydrogen-bond acceptors (Lipinski definition) is 6. The fraction of sp³-hybridized carbons (Fsp3) is 0.238. The smallest absolute Gasteiger partial charge is 0.234 e. The molecular formula is C21H23N3O4S. The number of anilines is 1. The molecule has 152 valence electrons. The first kappa shape index (κ1) is 20.8. The molecule has 7 nitrogen and oxygen atoms in total. The summed E-state index contributed by atoms with van der Waals surface area (Å²) in [6.45, 7) is 0.421. The SMILES string of the molecule is COc1ccc(Cn2cc(CO)nc2SCC(=O)Nc2ccccc2OC)cc1. The van der Waals surface area contributed by atoms with Gasteiger partial charge in [-0.3, -0.25) is 4.79 Å². The number of amides is 1. The average Bonchev–Trinajstić information content (AvgIpc) is 3.15. The first-order chi connectivity index (χ1) is 14.1. The van der Waals surface area contributed by atoms with E-state index in [0.29, 0.717) is 28.8 Å². The molecule has 0 saturated heterocycles. The highest BCUT2D eigenvalue weighted by atomic mass is 32.2. The summed E-state index contributed by atoms with van der Waals surface area (Å²) in [6, 6.07) is 15.0. The Hall–Kier alpha value is -2.97. The average molecular weight is 413 g/mol. The summed E-state index contributed by atoms with van der Waals surface area (Å²) in [7, 11) is 3.19. The van der Waals surface area contributed by atoms with Gasteiger partial charge in [0.25, 0.3) is 0 Å². The zero-order valence-corrected chi connectivity index (χ0v) is 17.1. The van der Waals surface area contributed by atoms with Crippen molar-refractivity contribution in [3.05, 3.63) is 66.0 Å². The van der Waals surface area contributed by atoms with Gasteiger partial charge in [0.2, 0.25) is 5.91 Å². The van der Waals surface area contributed by atoms with Crippen LogP contribution < -0.4 is 14.8 Å². The molecule has 29 heavy (non-hydrogen) atoms. The second-order valence-electron chi connectivity index (χ2n) is 6.19. The third-order valence-corrected chi connectivity index (χ3v) is 5.17. The summed E-state index contributed by atoms with van der Waals surface area (Å²) in [4.78, 5) is 16.8. The Balaban J connectivity index is 1.66. The molecule has 0 fully saturated rings. The Morgan fingerprint density at radius 2 is 1.90 bits per heavy atom. The van der Waals surface area contributed by atoms with Gasteiger partial charge in [-0.2, -0.15) is 0 Å². The predicted molar refractivity (Wildman–Crippen MR) is 113 cm³/mol. The molecule has 0 unspecified atom stereocenters. The van der Waals surface area contributed by atoms with E-state index in [1.165, 1.54) is 11.8 Å². The molecule has 0 aliphatic rings. The number of para-hydroxylation sites is 2. The number of hydrogen-bond donors (Lipinski definition) is 2. The summed E-state index contributed by atoms with van der Waals surface area (Å²) >= 11 is 1.31. The zero-order chi connectivity index (χ0) is 20.6. The highest BCUT2D eigenvalue weighted by Gasteiger charge is 2.13. The first-order valence-electron chi connectivity index (χ1n) is 8.98. The van der Waals surface area contributed by atoms with E-state index in [-0.39, 0.29) is 18.3 Å². The summed E-state index contributed by atoms with van der Waals surface area (Å²) in [6.07, 6.45) is 1.80. The van der Waals surface area contributed by atoms with Crippen LogP contribution in [0.4, 0.5) is 5.69 Å². The van der Waals surface area contributed by atoms with E-state index in [4.69, 9.17) is 9.47 Å². The number of carbonyl (C=O) groups is 1. The lowest BCUT2D eigenvalue weighted by atomic mass is 10.2. The number of methoxy groups -OCH3 is 2. The molecular weight excluding hydrogens is 390 g/mol. The molecule has 0 saturated carbocycles. The molecule has 0 aliphatic carbocycles. The Labute approximate surface area is 173 Å². The van der Waals surface area contributed by atoms with Crippen molar-refractivity contribution in [1.82, 2.24) is 9.55 Å². The quantitative estimate of drug-likeness (QED) is 0.524. The van der Waals surface area contributed by atoms with Gasteiger partial charge in [-0.15, -0.1) is 0 Å². The predicted octanol–water partition coefficient (Wildman–Crippen LogP) is 3.17. The molecule has 0 radical (unpaired) electrons. The van der Waals surface area contributed by atoms with Gasteiger partial charge in [0.15, 0.2) is 5.16 Å². The van der Waals surface area contributed by atoms with E-state index < -0.39 is 0 Å². The first-order valence-corrected chi connectivity index (χ1v) is 9.97. The van der Waals surface area contributed by atoms with E-state index >= 15 is 0 Å².